The molecule has 13 heteroatoms. The minimum Gasteiger partial charge on any atom is -0.444 e. The maximum absolute atomic E-state index is 12.7. The van der Waals surface area contributed by atoms with E-state index in [0.29, 0.717) is 57.1 Å². The van der Waals surface area contributed by atoms with Crippen LogP contribution in [-0.4, -0.2) is 94.2 Å². The highest BCUT2D eigenvalue weighted by atomic mass is 35.5. The zero-order valence-corrected chi connectivity index (χ0v) is 28.6. The first-order valence-corrected chi connectivity index (χ1v) is 16.2. The Labute approximate surface area is 283 Å². The van der Waals surface area contributed by atoms with E-state index in [9.17, 15) is 9.59 Å². The molecule has 2 N–H and O–H groups in total. The number of aromatic nitrogens is 3. The third-order valence-corrected chi connectivity index (χ3v) is 8.21. The molecular formula is C33H45ClN8O3S. The van der Waals surface area contributed by atoms with Gasteiger partial charge in [0.05, 0.1) is 12.2 Å². The summed E-state index contributed by atoms with van der Waals surface area (Å²) in [6.07, 6.45) is 6.31. The molecule has 2 saturated heterocycles. The lowest BCUT2D eigenvalue weighted by Gasteiger charge is -2.35. The molecule has 46 heavy (non-hydrogen) atoms. The van der Waals surface area contributed by atoms with Gasteiger partial charge in [-0.25, -0.2) is 19.7 Å². The monoisotopic (exact) mass is 668 g/mol. The fourth-order valence-corrected chi connectivity index (χ4v) is 5.80. The van der Waals surface area contributed by atoms with Gasteiger partial charge in [-0.15, -0.1) is 11.6 Å². The molecule has 4 heterocycles. The predicted molar refractivity (Wildman–Crippen MR) is 187 cm³/mol. The molecule has 0 saturated carbocycles. The quantitative estimate of drug-likeness (QED) is 0.283. The molecule has 2 aliphatic heterocycles. The van der Waals surface area contributed by atoms with Gasteiger partial charge in [-0.1, -0.05) is 12.1 Å². The molecule has 0 bridgehead atoms. The van der Waals surface area contributed by atoms with E-state index in [1.165, 1.54) is 0 Å². The number of carbonyl (C=O) groups is 2. The second kappa shape index (κ2) is 16.3. The molecule has 5 rings (SSSR count). The van der Waals surface area contributed by atoms with E-state index in [0.717, 1.165) is 54.1 Å². The Morgan fingerprint density at radius 3 is 2.57 bits per heavy atom. The summed E-state index contributed by atoms with van der Waals surface area (Å²) in [5.41, 5.74) is 3.09. The number of ether oxygens (including phenoxy) is 1. The number of benzene rings is 1. The van der Waals surface area contributed by atoms with Gasteiger partial charge >= 0.3 is 6.09 Å². The Balaban J connectivity index is 0.00000480. The van der Waals surface area contributed by atoms with Crippen LogP contribution in [0.3, 0.4) is 0 Å². The SMILES string of the molecule is CC(C)(C)OC(=O)N1CCN(CC(=O)NCCC2CCCN2c2ccc(-c3ccnc(Nc4cccc(CCl)c4)n3)cn2)CC1.S. The number of rotatable bonds is 10. The highest BCUT2D eigenvalue weighted by Crippen LogP contribution is 2.28. The first kappa shape index (κ1) is 35.2. The number of piperazine rings is 1. The summed E-state index contributed by atoms with van der Waals surface area (Å²) >= 11 is 5.97. The topological polar surface area (TPSA) is 116 Å². The van der Waals surface area contributed by atoms with Gasteiger partial charge in [0.1, 0.15) is 11.4 Å². The van der Waals surface area contributed by atoms with Gasteiger partial charge in [-0.05, 0) is 75.9 Å². The summed E-state index contributed by atoms with van der Waals surface area (Å²) in [7, 11) is 0. The first-order valence-electron chi connectivity index (χ1n) is 15.6. The Morgan fingerprint density at radius 2 is 1.85 bits per heavy atom. The van der Waals surface area contributed by atoms with Crippen LogP contribution in [0.4, 0.5) is 22.2 Å². The number of alkyl halides is 1. The molecule has 2 aromatic heterocycles. The van der Waals surface area contributed by atoms with Crippen LogP contribution in [0.5, 0.6) is 0 Å². The summed E-state index contributed by atoms with van der Waals surface area (Å²) in [4.78, 5) is 44.9. The van der Waals surface area contributed by atoms with Crippen LogP contribution in [0.25, 0.3) is 11.3 Å². The third kappa shape index (κ3) is 9.94. The molecule has 0 aliphatic carbocycles. The van der Waals surface area contributed by atoms with Crippen molar-refractivity contribution in [1.82, 2.24) is 30.1 Å². The lowest BCUT2D eigenvalue weighted by Crippen LogP contribution is -2.52. The van der Waals surface area contributed by atoms with E-state index in [-0.39, 0.29) is 25.5 Å². The zero-order valence-electron chi connectivity index (χ0n) is 26.8. The van der Waals surface area contributed by atoms with Gasteiger partial charge in [0.25, 0.3) is 0 Å². The van der Waals surface area contributed by atoms with Crippen molar-refractivity contribution in [3.63, 3.8) is 0 Å². The molecule has 0 radical (unpaired) electrons. The van der Waals surface area contributed by atoms with E-state index >= 15 is 0 Å². The van der Waals surface area contributed by atoms with E-state index in [4.69, 9.17) is 21.3 Å². The van der Waals surface area contributed by atoms with Crippen LogP contribution < -0.4 is 15.5 Å². The molecule has 1 aromatic carbocycles. The number of amides is 2. The first-order chi connectivity index (χ1) is 21.7. The van der Waals surface area contributed by atoms with Gasteiger partial charge in [0.2, 0.25) is 11.9 Å². The summed E-state index contributed by atoms with van der Waals surface area (Å²) in [6, 6.07) is 14.1. The van der Waals surface area contributed by atoms with Gasteiger partial charge in [0.15, 0.2) is 0 Å². The second-order valence-corrected chi connectivity index (χ2v) is 12.8. The number of carbonyl (C=O) groups excluding carboxylic acids is 2. The van der Waals surface area contributed by atoms with Crippen LogP contribution in [0, 0.1) is 0 Å². The van der Waals surface area contributed by atoms with Crippen molar-refractivity contribution < 1.29 is 14.3 Å². The van der Waals surface area contributed by atoms with Crippen LogP contribution >= 0.6 is 25.1 Å². The maximum atomic E-state index is 12.7. The number of hydrogen-bond acceptors (Lipinski definition) is 9. The second-order valence-electron chi connectivity index (χ2n) is 12.5. The smallest absolute Gasteiger partial charge is 0.410 e. The molecule has 3 aromatic rings. The normalized spacial score (nSPS) is 16.9. The number of nitrogens with one attached hydrogen (secondary N) is 2. The van der Waals surface area contributed by atoms with Crippen molar-refractivity contribution in [1.29, 1.82) is 0 Å². The predicted octanol–water partition coefficient (Wildman–Crippen LogP) is 5.16. The van der Waals surface area contributed by atoms with Crippen LogP contribution in [0.15, 0.2) is 54.9 Å². The molecule has 2 amide bonds. The Kier molecular flexibility index (Phi) is 12.5. The van der Waals surface area contributed by atoms with Crippen LogP contribution in [-0.2, 0) is 15.4 Å². The summed E-state index contributed by atoms with van der Waals surface area (Å²) in [5.74, 6) is 1.89. The number of nitrogens with zero attached hydrogens (tertiary/aromatic N) is 6. The minimum atomic E-state index is -0.512. The van der Waals surface area contributed by atoms with Gasteiger partial charge in [-0.3, -0.25) is 9.69 Å². The van der Waals surface area contributed by atoms with Crippen LogP contribution in [0.1, 0.15) is 45.6 Å². The van der Waals surface area contributed by atoms with E-state index in [2.05, 4.69) is 30.4 Å². The van der Waals surface area contributed by atoms with Gasteiger partial charge in [-0.2, -0.15) is 13.5 Å². The van der Waals surface area contributed by atoms with Crippen molar-refractivity contribution in [3.05, 3.63) is 60.4 Å². The summed E-state index contributed by atoms with van der Waals surface area (Å²) < 4.78 is 5.46. The lowest BCUT2D eigenvalue weighted by molar-refractivity contribution is -0.122. The molecule has 2 fully saturated rings. The molecule has 1 unspecified atom stereocenters. The van der Waals surface area contributed by atoms with Crippen molar-refractivity contribution >= 4 is 54.6 Å². The summed E-state index contributed by atoms with van der Waals surface area (Å²) in [6.45, 7) is 9.90. The Hall–Kier alpha value is -3.61. The fourth-order valence-electron chi connectivity index (χ4n) is 5.64. The zero-order chi connectivity index (χ0) is 31.8. The molecule has 2 aliphatic rings. The average Bonchev–Trinajstić information content (AvgIpc) is 3.49. The van der Waals surface area contributed by atoms with E-state index < -0.39 is 5.60 Å². The standard InChI is InChI=1S/C33H43ClN8O3.H2S/c1-33(2,3)45-32(44)41-18-16-40(17-19-41)23-30(43)35-13-11-27-8-5-15-42(27)29-10-9-25(22-37-29)28-12-14-36-31(39-28)38-26-7-4-6-24(20-26)21-34;/h4,6-7,9-10,12,14,20,22,27H,5,8,11,13,15-19,21,23H2,1-3H3,(H,35,43)(H,36,38,39);1H2. The van der Waals surface area contributed by atoms with Crippen molar-refractivity contribution in [2.24, 2.45) is 0 Å². The number of halogens is 1. The number of anilines is 3. The highest BCUT2D eigenvalue weighted by molar-refractivity contribution is 7.59. The van der Waals surface area contributed by atoms with Crippen molar-refractivity contribution in [2.75, 3.05) is 56.0 Å². The molecule has 0 spiro atoms. The fraction of sp³-hybridized carbons (Fsp3) is 0.485. The van der Waals surface area contributed by atoms with Crippen molar-refractivity contribution in [2.45, 2.75) is 57.6 Å². The van der Waals surface area contributed by atoms with E-state index in [1.807, 2.05) is 69.4 Å². The number of hydrogen-bond donors (Lipinski definition) is 2. The van der Waals surface area contributed by atoms with E-state index in [1.54, 1.807) is 11.1 Å². The highest BCUT2D eigenvalue weighted by Gasteiger charge is 2.28. The minimum absolute atomic E-state index is 0. The molecule has 248 valence electrons. The van der Waals surface area contributed by atoms with Gasteiger partial charge < -0.3 is 25.2 Å². The van der Waals surface area contributed by atoms with Gasteiger partial charge in [0, 0.05) is 74.8 Å². The van der Waals surface area contributed by atoms with Crippen LogP contribution in [0.2, 0.25) is 0 Å². The average molecular weight is 669 g/mol. The number of pyridine rings is 1. The lowest BCUT2D eigenvalue weighted by atomic mass is 10.1. The molecule has 1 atom stereocenters. The largest absolute Gasteiger partial charge is 0.444 e. The maximum Gasteiger partial charge on any atom is 0.410 e. The Bertz CT molecular complexity index is 1450. The molecule has 11 nitrogen and oxygen atoms in total. The summed E-state index contributed by atoms with van der Waals surface area (Å²) in [5, 5.41) is 6.35. The Morgan fingerprint density at radius 1 is 1.04 bits per heavy atom. The third-order valence-electron chi connectivity index (χ3n) is 7.90. The van der Waals surface area contributed by atoms with Crippen molar-refractivity contribution in [3.8, 4) is 11.3 Å². The molecular weight excluding hydrogens is 624 g/mol.